The summed E-state index contributed by atoms with van der Waals surface area (Å²) in [5.74, 6) is 0.689. The molecule has 2 amide bonds. The lowest BCUT2D eigenvalue weighted by molar-refractivity contribution is 0.117. The second-order valence-corrected chi connectivity index (χ2v) is 9.80. The van der Waals surface area contributed by atoms with Gasteiger partial charge in [0.25, 0.3) is 10.0 Å². The molecule has 2 N–H and O–H groups in total. The molecule has 0 aromatic carbocycles. The van der Waals surface area contributed by atoms with E-state index in [9.17, 15) is 13.2 Å². The van der Waals surface area contributed by atoms with Gasteiger partial charge in [0.05, 0.1) is 24.5 Å². The van der Waals surface area contributed by atoms with E-state index < -0.39 is 16.1 Å². The van der Waals surface area contributed by atoms with E-state index in [-0.39, 0.29) is 22.9 Å². The molecule has 30 heavy (non-hydrogen) atoms. The van der Waals surface area contributed by atoms with Crippen molar-refractivity contribution in [3.63, 3.8) is 0 Å². The first-order valence-corrected chi connectivity index (χ1v) is 11.4. The smallest absolute Gasteiger partial charge is 0.334 e. The standard InChI is InChI=1S/C18H27N7O4S/c1-11(2)25-16(13-6-5-7-14(13)21-25)20-18(26)22-30(27,28)15-8-19-24-9-12(23(3)4)10-29-17(15)24/h8,11-12H,5-7,9-10H2,1-4H3,(H2,20,22,26). The minimum absolute atomic E-state index is 0.0308. The second-order valence-electron chi connectivity index (χ2n) is 8.15. The number of aryl methyl sites for hydroxylation is 1. The van der Waals surface area contributed by atoms with Gasteiger partial charge >= 0.3 is 6.03 Å². The number of urea groups is 1. The van der Waals surface area contributed by atoms with Gasteiger partial charge in [0.1, 0.15) is 12.4 Å². The van der Waals surface area contributed by atoms with E-state index in [0.29, 0.717) is 19.0 Å². The summed E-state index contributed by atoms with van der Waals surface area (Å²) < 4.78 is 36.6. The average Bonchev–Trinajstić information content (AvgIpc) is 3.35. The van der Waals surface area contributed by atoms with Crippen LogP contribution in [0.5, 0.6) is 5.88 Å². The summed E-state index contributed by atoms with van der Waals surface area (Å²) in [4.78, 5) is 14.4. The number of fused-ring (bicyclic) bond motifs is 2. The van der Waals surface area contributed by atoms with Gasteiger partial charge in [-0.2, -0.15) is 10.2 Å². The Morgan fingerprint density at radius 3 is 2.80 bits per heavy atom. The molecule has 1 aliphatic heterocycles. The maximum atomic E-state index is 12.8. The third-order valence-electron chi connectivity index (χ3n) is 5.46. The summed E-state index contributed by atoms with van der Waals surface area (Å²) in [5, 5.41) is 11.4. The molecule has 2 aromatic rings. The third-order valence-corrected chi connectivity index (χ3v) is 6.77. The van der Waals surface area contributed by atoms with Crippen LogP contribution < -0.4 is 14.8 Å². The molecule has 4 rings (SSSR count). The number of sulfonamides is 1. The maximum Gasteiger partial charge on any atom is 0.334 e. The first-order valence-electron chi connectivity index (χ1n) is 9.96. The van der Waals surface area contributed by atoms with Crippen molar-refractivity contribution in [2.45, 2.75) is 56.6 Å². The minimum Gasteiger partial charge on any atom is -0.475 e. The van der Waals surface area contributed by atoms with Gasteiger partial charge in [0.15, 0.2) is 4.90 Å². The summed E-state index contributed by atoms with van der Waals surface area (Å²) >= 11 is 0. The minimum atomic E-state index is -4.16. The zero-order chi connectivity index (χ0) is 21.6. The van der Waals surface area contributed by atoms with Crippen molar-refractivity contribution in [3.05, 3.63) is 17.5 Å². The van der Waals surface area contributed by atoms with Crippen LogP contribution in [-0.2, 0) is 29.4 Å². The van der Waals surface area contributed by atoms with Crippen LogP contribution in [0.15, 0.2) is 11.1 Å². The molecule has 0 bridgehead atoms. The number of amides is 2. The van der Waals surface area contributed by atoms with Crippen molar-refractivity contribution in [3.8, 4) is 5.88 Å². The van der Waals surface area contributed by atoms with Gasteiger partial charge in [-0.05, 0) is 47.2 Å². The van der Waals surface area contributed by atoms with Gasteiger partial charge in [-0.25, -0.2) is 27.3 Å². The van der Waals surface area contributed by atoms with Crippen molar-refractivity contribution >= 4 is 21.9 Å². The van der Waals surface area contributed by atoms with Crippen molar-refractivity contribution in [2.75, 3.05) is 26.0 Å². The number of nitrogens with one attached hydrogen (secondary N) is 2. The van der Waals surface area contributed by atoms with Crippen LogP contribution in [0, 0.1) is 0 Å². The molecule has 2 aliphatic rings. The molecule has 2 aromatic heterocycles. The molecule has 1 atom stereocenters. The van der Waals surface area contributed by atoms with Crippen LogP contribution in [0.25, 0.3) is 0 Å². The zero-order valence-electron chi connectivity index (χ0n) is 17.5. The SMILES string of the molecule is CC(C)n1nc2c(c1NC(=O)NS(=O)(=O)c1cnn3c1OCC(N(C)C)C3)CCC2. The molecule has 12 heteroatoms. The summed E-state index contributed by atoms with van der Waals surface area (Å²) in [5.41, 5.74) is 1.92. The van der Waals surface area contributed by atoms with E-state index >= 15 is 0 Å². The molecule has 1 aliphatic carbocycles. The fourth-order valence-electron chi connectivity index (χ4n) is 3.78. The second kappa shape index (κ2) is 7.58. The first kappa shape index (κ1) is 20.7. The van der Waals surface area contributed by atoms with E-state index in [2.05, 4.69) is 20.2 Å². The van der Waals surface area contributed by atoms with E-state index in [1.807, 2.05) is 32.8 Å². The molecule has 164 valence electrons. The van der Waals surface area contributed by atoms with Crippen LogP contribution in [0.1, 0.15) is 37.6 Å². The molecular formula is C18H27N7O4S. The molecule has 11 nitrogen and oxygen atoms in total. The number of hydrogen-bond donors (Lipinski definition) is 2. The summed E-state index contributed by atoms with van der Waals surface area (Å²) in [6.45, 7) is 4.76. The number of nitrogens with zero attached hydrogens (tertiary/aromatic N) is 5. The number of aromatic nitrogens is 4. The molecule has 0 radical (unpaired) electrons. The van der Waals surface area contributed by atoms with Gasteiger partial charge in [-0.3, -0.25) is 5.32 Å². The van der Waals surface area contributed by atoms with Crippen molar-refractivity contribution in [2.24, 2.45) is 0 Å². The highest BCUT2D eigenvalue weighted by Crippen LogP contribution is 2.31. The predicted molar refractivity (Wildman–Crippen MR) is 109 cm³/mol. The Labute approximate surface area is 175 Å². The number of rotatable bonds is 5. The molecule has 0 saturated carbocycles. The lowest BCUT2D eigenvalue weighted by atomic mass is 10.2. The topological polar surface area (TPSA) is 123 Å². The van der Waals surface area contributed by atoms with Gasteiger partial charge < -0.3 is 9.64 Å². The van der Waals surface area contributed by atoms with Crippen LogP contribution in [0.2, 0.25) is 0 Å². The Kier molecular flexibility index (Phi) is 5.22. The molecule has 3 heterocycles. The third kappa shape index (κ3) is 3.65. The normalized spacial score (nSPS) is 18.3. The summed E-state index contributed by atoms with van der Waals surface area (Å²) in [6, 6.07) is -0.723. The zero-order valence-corrected chi connectivity index (χ0v) is 18.4. The fraction of sp³-hybridized carbons (Fsp3) is 0.611. The molecule has 0 spiro atoms. The first-order chi connectivity index (χ1) is 14.2. The Balaban J connectivity index is 1.53. The van der Waals surface area contributed by atoms with E-state index in [0.717, 1.165) is 30.5 Å². The number of anilines is 1. The molecule has 0 fully saturated rings. The van der Waals surface area contributed by atoms with Crippen LogP contribution in [0.4, 0.5) is 10.6 Å². The van der Waals surface area contributed by atoms with Gasteiger partial charge in [-0.15, -0.1) is 0 Å². The number of hydrogen-bond acceptors (Lipinski definition) is 7. The van der Waals surface area contributed by atoms with Crippen LogP contribution >= 0.6 is 0 Å². The van der Waals surface area contributed by atoms with E-state index in [1.54, 1.807) is 4.68 Å². The number of carbonyl (C=O) groups excluding carboxylic acids is 1. The lowest BCUT2D eigenvalue weighted by Crippen LogP contribution is -2.41. The number of likely N-dealkylation sites (N-methyl/N-ethyl adjacent to an activating group) is 1. The largest absolute Gasteiger partial charge is 0.475 e. The van der Waals surface area contributed by atoms with Gasteiger partial charge in [0, 0.05) is 11.6 Å². The van der Waals surface area contributed by atoms with Crippen molar-refractivity contribution in [1.82, 2.24) is 29.2 Å². The number of ether oxygens (including phenoxy) is 1. The van der Waals surface area contributed by atoms with Crippen molar-refractivity contribution in [1.29, 1.82) is 0 Å². The highest BCUT2D eigenvalue weighted by Gasteiger charge is 2.32. The lowest BCUT2D eigenvalue weighted by Gasteiger charge is -2.29. The average molecular weight is 438 g/mol. The van der Waals surface area contributed by atoms with Gasteiger partial charge in [-0.1, -0.05) is 0 Å². The van der Waals surface area contributed by atoms with Crippen molar-refractivity contribution < 1.29 is 17.9 Å². The van der Waals surface area contributed by atoms with E-state index in [4.69, 9.17) is 4.74 Å². The highest BCUT2D eigenvalue weighted by atomic mass is 32.2. The monoisotopic (exact) mass is 437 g/mol. The Morgan fingerprint density at radius 1 is 1.33 bits per heavy atom. The Hall–Kier alpha value is -2.60. The van der Waals surface area contributed by atoms with Crippen LogP contribution in [-0.4, -0.2) is 65.7 Å². The Bertz CT molecular complexity index is 1070. The summed E-state index contributed by atoms with van der Waals surface area (Å²) in [6.07, 6.45) is 3.85. The number of carbonyl (C=O) groups is 1. The fourth-order valence-corrected chi connectivity index (χ4v) is 4.77. The van der Waals surface area contributed by atoms with Gasteiger partial charge in [0.2, 0.25) is 5.88 Å². The quantitative estimate of drug-likeness (QED) is 0.715. The highest BCUT2D eigenvalue weighted by molar-refractivity contribution is 7.90. The Morgan fingerprint density at radius 2 is 2.10 bits per heavy atom. The molecular weight excluding hydrogens is 410 g/mol. The maximum absolute atomic E-state index is 12.8. The molecule has 0 saturated heterocycles. The van der Waals surface area contributed by atoms with Crippen LogP contribution in [0.3, 0.4) is 0 Å². The summed E-state index contributed by atoms with van der Waals surface area (Å²) in [7, 11) is -0.317. The predicted octanol–water partition coefficient (Wildman–Crippen LogP) is 0.982. The molecule has 1 unspecified atom stereocenters. The van der Waals surface area contributed by atoms with E-state index in [1.165, 1.54) is 10.9 Å².